The summed E-state index contributed by atoms with van der Waals surface area (Å²) in [4.78, 5) is 0. The number of fused-ring (bicyclic) bond motifs is 2. The number of benzene rings is 2. The Morgan fingerprint density at radius 2 is 1.24 bits per heavy atom. The molecule has 1 aliphatic carbocycles. The van der Waals surface area contributed by atoms with Gasteiger partial charge in [0.15, 0.2) is 0 Å². The molecule has 1 aliphatic rings. The third-order valence-electron chi connectivity index (χ3n) is 3.86. The van der Waals surface area contributed by atoms with Crippen molar-refractivity contribution >= 4 is 16.3 Å². The summed E-state index contributed by atoms with van der Waals surface area (Å²) in [6.45, 7) is 4.49. The largest absolute Gasteiger partial charge is 0.358 e. The maximum atomic E-state index is 3.51. The molecule has 0 heterocycles. The summed E-state index contributed by atoms with van der Waals surface area (Å²) in [5, 5.41) is 2.68. The molecule has 166 valence electrons. The zero-order chi connectivity index (χ0) is 14.7. The standard InChI is InChI=1S/C16H15.C5H5.7CH3.Hf/c1-11(2)15-8-7-14-9-12-5-3-4-6-13(12)10-16(14)15;1-2-4-5-3-1;;;;;;;;/h3-6,9-11H,7H2,1-2H3;1-5H;7*1H3;/q9*-1;. The van der Waals surface area contributed by atoms with Crippen molar-refractivity contribution in [3.05, 3.63) is 136 Å². The summed E-state index contributed by atoms with van der Waals surface area (Å²) in [5.41, 5.74) is 4.23. The first-order valence-corrected chi connectivity index (χ1v) is 7.55. The van der Waals surface area contributed by atoms with E-state index in [1.165, 1.54) is 27.5 Å². The summed E-state index contributed by atoms with van der Waals surface area (Å²) >= 11 is 0. The maximum absolute atomic E-state index is 3.51. The van der Waals surface area contributed by atoms with Crippen LogP contribution in [-0.4, -0.2) is 0 Å². The third kappa shape index (κ3) is 10.3. The van der Waals surface area contributed by atoms with Gasteiger partial charge in [0.1, 0.15) is 0 Å². The molecule has 0 atom stereocenters. The Morgan fingerprint density at radius 1 is 0.759 bits per heavy atom. The molecule has 0 saturated heterocycles. The van der Waals surface area contributed by atoms with Crippen molar-refractivity contribution in [2.75, 3.05) is 0 Å². The Kier molecular flexibility index (Phi) is 28.8. The molecule has 0 aromatic heterocycles. The molecule has 0 aliphatic heterocycles. The van der Waals surface area contributed by atoms with Crippen LogP contribution in [0.1, 0.15) is 25.0 Å². The second-order valence-electron chi connectivity index (χ2n) is 5.74. The van der Waals surface area contributed by atoms with Crippen LogP contribution in [0.5, 0.6) is 0 Å². The van der Waals surface area contributed by atoms with Gasteiger partial charge in [-0.25, -0.2) is 17.7 Å². The topological polar surface area (TPSA) is 0 Å². The zero-order valence-corrected chi connectivity index (χ0v) is 23.7. The van der Waals surface area contributed by atoms with Crippen LogP contribution in [0.25, 0.3) is 16.3 Å². The molecule has 1 heteroatoms. The van der Waals surface area contributed by atoms with Gasteiger partial charge in [-0.3, -0.25) is 6.08 Å². The Morgan fingerprint density at radius 3 is 1.66 bits per heavy atom. The molecular weight excluding hydrogens is 515 g/mol. The predicted octanol–water partition coefficient (Wildman–Crippen LogP) is 8.79. The Balaban J connectivity index is -0.0000000916. The fourth-order valence-corrected chi connectivity index (χ4v) is 2.81. The van der Waals surface area contributed by atoms with E-state index in [-0.39, 0.29) is 77.8 Å². The number of hydrogen-bond donors (Lipinski definition) is 0. The fraction of sp³-hybridized carbons (Fsp3) is 0.143. The quantitative estimate of drug-likeness (QED) is 0.208. The van der Waals surface area contributed by atoms with Gasteiger partial charge in [0, 0.05) is 25.8 Å². The molecular formula is C28H41Hf-9. The third-order valence-corrected chi connectivity index (χ3v) is 3.86. The van der Waals surface area contributed by atoms with Gasteiger partial charge in [-0.2, -0.15) is 23.8 Å². The molecule has 0 unspecified atom stereocenters. The summed E-state index contributed by atoms with van der Waals surface area (Å²) < 4.78 is 0. The average Bonchev–Trinajstić information content (AvgIpc) is 3.17. The first-order valence-electron chi connectivity index (χ1n) is 7.55. The Labute approximate surface area is 203 Å². The van der Waals surface area contributed by atoms with Crippen LogP contribution >= 0.6 is 0 Å². The summed E-state index contributed by atoms with van der Waals surface area (Å²) in [5.74, 6) is 0.572. The molecule has 3 aromatic rings. The minimum absolute atomic E-state index is 0. The van der Waals surface area contributed by atoms with E-state index in [1.54, 1.807) is 0 Å². The van der Waals surface area contributed by atoms with E-state index >= 15 is 0 Å². The van der Waals surface area contributed by atoms with Crippen molar-refractivity contribution in [2.45, 2.75) is 20.3 Å². The molecule has 0 spiro atoms. The van der Waals surface area contributed by atoms with Crippen LogP contribution in [0.4, 0.5) is 0 Å². The monoisotopic (exact) mass is 557 g/mol. The van der Waals surface area contributed by atoms with Gasteiger partial charge in [0.2, 0.25) is 0 Å². The van der Waals surface area contributed by atoms with E-state index in [1.807, 2.05) is 30.3 Å². The second-order valence-corrected chi connectivity index (χ2v) is 5.74. The molecule has 0 amide bonds. The van der Waals surface area contributed by atoms with Gasteiger partial charge in [0.05, 0.1) is 0 Å². The van der Waals surface area contributed by atoms with E-state index in [0.29, 0.717) is 5.92 Å². The summed E-state index contributed by atoms with van der Waals surface area (Å²) in [7, 11) is 0. The molecule has 0 bridgehead atoms. The van der Waals surface area contributed by atoms with E-state index in [0.717, 1.165) is 6.42 Å². The van der Waals surface area contributed by atoms with Crippen LogP contribution in [0.2, 0.25) is 0 Å². The Hall–Kier alpha value is -1.34. The molecule has 0 nitrogen and oxygen atoms in total. The molecule has 3 aromatic carbocycles. The van der Waals surface area contributed by atoms with Gasteiger partial charge in [-0.05, 0) is 10.8 Å². The van der Waals surface area contributed by atoms with E-state index < -0.39 is 0 Å². The van der Waals surface area contributed by atoms with Gasteiger partial charge in [-0.15, -0.1) is 18.1 Å². The van der Waals surface area contributed by atoms with Crippen molar-refractivity contribution < 1.29 is 25.8 Å². The minimum atomic E-state index is 0. The minimum Gasteiger partial charge on any atom is -0.358 e. The van der Waals surface area contributed by atoms with Gasteiger partial charge in [0.25, 0.3) is 0 Å². The SMILES string of the molecule is CC(C)C1=[C-]Cc2cc3ccccc3cc21.[CH3-].[CH3-].[CH3-].[CH3-].[CH3-].[CH3-].[CH3-].[Hf].c1cc[cH-]c1. The van der Waals surface area contributed by atoms with Crippen molar-refractivity contribution in [1.82, 2.24) is 0 Å². The Bertz CT molecular complexity index is 732. The van der Waals surface area contributed by atoms with Gasteiger partial charge >= 0.3 is 0 Å². The van der Waals surface area contributed by atoms with Crippen LogP contribution in [0.15, 0.2) is 66.7 Å². The molecule has 0 saturated carbocycles. The number of hydrogen-bond acceptors (Lipinski definition) is 0. The fourth-order valence-electron chi connectivity index (χ4n) is 2.81. The van der Waals surface area contributed by atoms with Gasteiger partial charge < -0.3 is 52.0 Å². The van der Waals surface area contributed by atoms with Crippen molar-refractivity contribution in [3.8, 4) is 0 Å². The zero-order valence-electron chi connectivity index (χ0n) is 20.1. The molecule has 4 rings (SSSR count). The van der Waals surface area contributed by atoms with Crippen molar-refractivity contribution in [2.24, 2.45) is 5.92 Å². The molecule has 0 radical (unpaired) electrons. The smallest absolute Gasteiger partial charge is 0 e. The molecule has 0 N–H and O–H groups in total. The number of allylic oxidation sites excluding steroid dienone is 2. The molecule has 29 heavy (non-hydrogen) atoms. The molecule has 0 fully saturated rings. The summed E-state index contributed by atoms with van der Waals surface area (Å²) in [6.07, 6.45) is 4.49. The second kappa shape index (κ2) is 20.0. The van der Waals surface area contributed by atoms with E-state index in [9.17, 15) is 0 Å². The normalized spacial score (nSPS) is 9.28. The van der Waals surface area contributed by atoms with Gasteiger partial charge in [-0.1, -0.05) is 50.1 Å². The van der Waals surface area contributed by atoms with Crippen LogP contribution in [0.3, 0.4) is 0 Å². The first kappa shape index (κ1) is 41.9. The first-order chi connectivity index (χ1) is 10.3. The predicted molar refractivity (Wildman–Crippen MR) is 136 cm³/mol. The van der Waals surface area contributed by atoms with Crippen molar-refractivity contribution in [3.63, 3.8) is 0 Å². The van der Waals surface area contributed by atoms with Crippen LogP contribution in [0, 0.1) is 64.0 Å². The van der Waals surface area contributed by atoms with E-state index in [2.05, 4.69) is 56.3 Å². The van der Waals surface area contributed by atoms with Crippen molar-refractivity contribution in [1.29, 1.82) is 0 Å². The van der Waals surface area contributed by atoms with Crippen LogP contribution in [-0.2, 0) is 32.3 Å². The van der Waals surface area contributed by atoms with E-state index in [4.69, 9.17) is 0 Å². The van der Waals surface area contributed by atoms with Crippen LogP contribution < -0.4 is 0 Å². The maximum Gasteiger partial charge on any atom is 0 e. The average molecular weight is 556 g/mol. The number of rotatable bonds is 1. The summed E-state index contributed by atoms with van der Waals surface area (Å²) in [6, 6.07) is 23.2.